The third-order valence-electron chi connectivity index (χ3n) is 1.80. The molecule has 3 nitrogen and oxygen atoms in total. The van der Waals surface area contributed by atoms with E-state index in [-0.39, 0.29) is 11.9 Å². The Morgan fingerprint density at radius 2 is 1.88 bits per heavy atom. The first kappa shape index (κ1) is 12.9. The molecule has 0 saturated heterocycles. The zero-order chi connectivity index (χ0) is 11.8. The molecule has 0 bridgehead atoms. The largest absolute Gasteiger partial charge is 0.337 e. The van der Waals surface area contributed by atoms with Crippen molar-refractivity contribution in [2.24, 2.45) is 0 Å². The molecule has 0 spiro atoms. The van der Waals surface area contributed by atoms with Gasteiger partial charge < -0.3 is 9.05 Å². The molecule has 4 heteroatoms. The Hall–Kier alpha value is -1.20. The van der Waals surface area contributed by atoms with Crippen LogP contribution in [0, 0.1) is 11.8 Å². The van der Waals surface area contributed by atoms with E-state index in [2.05, 4.69) is 11.8 Å². The molecule has 1 aromatic carbocycles. The van der Waals surface area contributed by atoms with Gasteiger partial charge in [0.2, 0.25) is 5.78 Å². The summed E-state index contributed by atoms with van der Waals surface area (Å²) in [6, 6.07) is 9.38. The average molecular weight is 236 g/mol. The quantitative estimate of drug-likeness (QED) is 0.594. The van der Waals surface area contributed by atoms with Crippen LogP contribution in [-0.2, 0) is 13.8 Å². The van der Waals surface area contributed by atoms with E-state index in [0.717, 1.165) is 5.56 Å². The molecule has 84 valence electrons. The number of carbonyl (C=O) groups is 1. The molecule has 0 aliphatic rings. The molecule has 0 fully saturated rings. The number of ketones is 1. The molecule has 0 N–H and O–H groups in total. The molecule has 0 amide bonds. The predicted octanol–water partition coefficient (Wildman–Crippen LogP) is 2.21. The fourth-order valence-electron chi connectivity index (χ4n) is 1.02. The van der Waals surface area contributed by atoms with E-state index in [1.165, 1.54) is 14.2 Å². The van der Waals surface area contributed by atoms with E-state index >= 15 is 0 Å². The molecule has 0 heterocycles. The number of rotatable bonds is 4. The van der Waals surface area contributed by atoms with E-state index in [1.54, 1.807) is 0 Å². The van der Waals surface area contributed by atoms with Crippen LogP contribution in [0.1, 0.15) is 5.56 Å². The van der Waals surface area contributed by atoms with E-state index < -0.39 is 8.38 Å². The van der Waals surface area contributed by atoms with Crippen LogP contribution >= 0.6 is 8.38 Å². The highest BCUT2D eigenvalue weighted by atomic mass is 31.2. The molecule has 0 aromatic heterocycles. The summed E-state index contributed by atoms with van der Waals surface area (Å²) in [6.07, 6.45) is 0.210. The molecule has 0 aliphatic heterocycles. The van der Waals surface area contributed by atoms with Crippen molar-refractivity contribution in [1.82, 2.24) is 0 Å². The van der Waals surface area contributed by atoms with Crippen LogP contribution in [0.3, 0.4) is 0 Å². The number of carbonyl (C=O) groups excluding carboxylic acids is 1. The fraction of sp³-hybridized carbons (Fsp3) is 0.250. The Morgan fingerprint density at radius 3 is 2.44 bits per heavy atom. The van der Waals surface area contributed by atoms with Crippen LogP contribution in [0.2, 0.25) is 0 Å². The fourth-order valence-corrected chi connectivity index (χ4v) is 1.74. The topological polar surface area (TPSA) is 35.5 Å². The molecular formula is C12H13O3P. The van der Waals surface area contributed by atoms with Gasteiger partial charge in [0.1, 0.15) is 0 Å². The molecule has 0 atom stereocenters. The van der Waals surface area contributed by atoms with Gasteiger partial charge in [-0.05, 0) is 18.1 Å². The van der Waals surface area contributed by atoms with Crippen molar-refractivity contribution in [3.8, 4) is 11.8 Å². The van der Waals surface area contributed by atoms with Crippen molar-refractivity contribution >= 4 is 14.2 Å². The minimum absolute atomic E-state index is 0.168. The Labute approximate surface area is 96.7 Å². The lowest BCUT2D eigenvalue weighted by Gasteiger charge is -2.08. The van der Waals surface area contributed by atoms with Gasteiger partial charge in [-0.3, -0.25) is 4.79 Å². The van der Waals surface area contributed by atoms with Crippen molar-refractivity contribution in [2.45, 2.75) is 0 Å². The lowest BCUT2D eigenvalue weighted by Crippen LogP contribution is -2.01. The van der Waals surface area contributed by atoms with Crippen LogP contribution in [0.25, 0.3) is 0 Å². The van der Waals surface area contributed by atoms with Crippen LogP contribution < -0.4 is 0 Å². The van der Waals surface area contributed by atoms with Gasteiger partial charge in [0.25, 0.3) is 0 Å². The number of hydrogen-bond acceptors (Lipinski definition) is 3. The molecule has 1 aromatic rings. The molecule has 0 radical (unpaired) electrons. The molecule has 0 aliphatic carbocycles. The standard InChI is InChI=1S/C12H13O3P/c1-14-16(15-2)10-12(13)9-8-11-6-4-3-5-7-11/h3-7H,10H2,1-2H3. The Kier molecular flexibility index (Phi) is 5.74. The smallest absolute Gasteiger partial charge is 0.214 e. The Bertz CT molecular complexity index is 388. The summed E-state index contributed by atoms with van der Waals surface area (Å²) in [7, 11) is 1.91. The van der Waals surface area contributed by atoms with Gasteiger partial charge in [-0.25, -0.2) is 0 Å². The SMILES string of the molecule is COP(CC(=O)C#Cc1ccccc1)OC. The van der Waals surface area contributed by atoms with Crippen LogP contribution in [-0.4, -0.2) is 26.2 Å². The van der Waals surface area contributed by atoms with Gasteiger partial charge >= 0.3 is 0 Å². The van der Waals surface area contributed by atoms with Gasteiger partial charge in [0.15, 0.2) is 8.38 Å². The van der Waals surface area contributed by atoms with Crippen molar-refractivity contribution in [1.29, 1.82) is 0 Å². The van der Waals surface area contributed by atoms with E-state index in [0.29, 0.717) is 0 Å². The monoisotopic (exact) mass is 236 g/mol. The van der Waals surface area contributed by atoms with E-state index in [4.69, 9.17) is 9.05 Å². The molecular weight excluding hydrogens is 223 g/mol. The average Bonchev–Trinajstić information content (AvgIpc) is 2.34. The van der Waals surface area contributed by atoms with Crippen molar-refractivity contribution in [3.63, 3.8) is 0 Å². The van der Waals surface area contributed by atoms with Gasteiger partial charge in [-0.2, -0.15) is 0 Å². The summed E-state index contributed by atoms with van der Waals surface area (Å²) in [5, 5.41) is 0. The lowest BCUT2D eigenvalue weighted by atomic mass is 10.2. The van der Waals surface area contributed by atoms with Gasteiger partial charge in [-0.1, -0.05) is 24.1 Å². The number of benzene rings is 1. The predicted molar refractivity (Wildman–Crippen MR) is 64.1 cm³/mol. The summed E-state index contributed by atoms with van der Waals surface area (Å²) >= 11 is 0. The highest BCUT2D eigenvalue weighted by Crippen LogP contribution is 2.35. The second kappa shape index (κ2) is 7.14. The van der Waals surface area contributed by atoms with Gasteiger partial charge in [0.05, 0.1) is 6.16 Å². The third kappa shape index (κ3) is 4.55. The third-order valence-corrected chi connectivity index (χ3v) is 3.16. The minimum atomic E-state index is -1.13. The molecule has 1 rings (SSSR count). The first-order chi connectivity index (χ1) is 7.76. The normalized spacial score (nSPS) is 9.69. The number of hydrogen-bond donors (Lipinski definition) is 0. The van der Waals surface area contributed by atoms with Crippen LogP contribution in [0.15, 0.2) is 30.3 Å². The maximum atomic E-state index is 11.4. The second-order valence-corrected chi connectivity index (χ2v) is 4.61. The first-order valence-electron chi connectivity index (χ1n) is 4.72. The molecule has 0 saturated carbocycles. The van der Waals surface area contributed by atoms with E-state index in [9.17, 15) is 4.79 Å². The van der Waals surface area contributed by atoms with Crippen LogP contribution in [0.5, 0.6) is 0 Å². The Morgan fingerprint density at radius 1 is 1.25 bits per heavy atom. The van der Waals surface area contributed by atoms with Crippen molar-refractivity contribution in [3.05, 3.63) is 35.9 Å². The first-order valence-corrected chi connectivity index (χ1v) is 6.08. The highest BCUT2D eigenvalue weighted by molar-refractivity contribution is 7.48. The summed E-state index contributed by atoms with van der Waals surface area (Å²) in [5.74, 6) is 5.20. The van der Waals surface area contributed by atoms with Crippen molar-refractivity contribution < 1.29 is 13.8 Å². The van der Waals surface area contributed by atoms with Gasteiger partial charge in [-0.15, -0.1) is 0 Å². The summed E-state index contributed by atoms with van der Waals surface area (Å²) < 4.78 is 9.95. The highest BCUT2D eigenvalue weighted by Gasteiger charge is 2.10. The molecule has 0 unspecified atom stereocenters. The van der Waals surface area contributed by atoms with Gasteiger partial charge in [0, 0.05) is 19.8 Å². The number of Topliss-reactive ketones (excluding diaryl/α,β-unsaturated/α-hetero) is 1. The maximum absolute atomic E-state index is 11.4. The van der Waals surface area contributed by atoms with E-state index in [1.807, 2.05) is 30.3 Å². The lowest BCUT2D eigenvalue weighted by molar-refractivity contribution is -0.111. The summed E-state index contributed by atoms with van der Waals surface area (Å²) in [4.78, 5) is 11.4. The van der Waals surface area contributed by atoms with Crippen molar-refractivity contribution in [2.75, 3.05) is 20.4 Å². The van der Waals surface area contributed by atoms with Crippen LogP contribution in [0.4, 0.5) is 0 Å². The second-order valence-electron chi connectivity index (χ2n) is 2.90. The zero-order valence-corrected chi connectivity index (χ0v) is 10.2. The summed E-state index contributed by atoms with van der Waals surface area (Å²) in [5.41, 5.74) is 0.829. The minimum Gasteiger partial charge on any atom is -0.337 e. The zero-order valence-electron chi connectivity index (χ0n) is 9.27. The maximum Gasteiger partial charge on any atom is 0.214 e. The summed E-state index contributed by atoms with van der Waals surface area (Å²) in [6.45, 7) is 0. The molecule has 16 heavy (non-hydrogen) atoms. The Balaban J connectivity index is 2.55.